The lowest BCUT2D eigenvalue weighted by atomic mass is 10.2. The van der Waals surface area contributed by atoms with Crippen LogP contribution in [0.2, 0.25) is 0 Å². The summed E-state index contributed by atoms with van der Waals surface area (Å²) in [5.74, 6) is -3.46. The number of carboxylic acid groups (broad SMARTS) is 2. The molecule has 25 heavy (non-hydrogen) atoms. The molecule has 0 amide bonds. The summed E-state index contributed by atoms with van der Waals surface area (Å²) in [7, 11) is -3.03. The highest BCUT2D eigenvalue weighted by molar-refractivity contribution is 9.10. The molecular formula is C15H21BrN2O6S. The molecule has 1 aromatic rings. The van der Waals surface area contributed by atoms with Crippen molar-refractivity contribution in [2.45, 2.75) is 13.5 Å². The molecule has 0 spiro atoms. The number of aliphatic carboxylic acids is 2. The van der Waals surface area contributed by atoms with E-state index < -0.39 is 22.0 Å². The third-order valence-corrected chi connectivity index (χ3v) is 6.28. The van der Waals surface area contributed by atoms with Crippen molar-refractivity contribution in [3.05, 3.63) is 34.3 Å². The van der Waals surface area contributed by atoms with E-state index in [1.165, 1.54) is 5.56 Å². The van der Waals surface area contributed by atoms with Crippen molar-refractivity contribution in [2.24, 2.45) is 0 Å². The van der Waals surface area contributed by atoms with Gasteiger partial charge in [0.05, 0.1) is 5.75 Å². The average molecular weight is 437 g/mol. The third kappa shape index (κ3) is 7.10. The van der Waals surface area contributed by atoms with Crippen LogP contribution >= 0.6 is 15.9 Å². The Kier molecular flexibility index (Phi) is 8.50. The molecule has 0 saturated carbocycles. The molecule has 1 aromatic carbocycles. The van der Waals surface area contributed by atoms with Crippen molar-refractivity contribution in [3.8, 4) is 0 Å². The maximum Gasteiger partial charge on any atom is 0.414 e. The summed E-state index contributed by atoms with van der Waals surface area (Å²) in [5.41, 5.74) is 1.24. The number of benzene rings is 1. The topological polar surface area (TPSA) is 115 Å². The van der Waals surface area contributed by atoms with Gasteiger partial charge >= 0.3 is 11.9 Å². The predicted molar refractivity (Wildman–Crippen MR) is 95.7 cm³/mol. The first-order valence-electron chi connectivity index (χ1n) is 7.57. The summed E-state index contributed by atoms with van der Waals surface area (Å²) in [6, 6.07) is 8.16. The lowest BCUT2D eigenvalue weighted by Crippen LogP contribution is -2.48. The van der Waals surface area contributed by atoms with Crippen LogP contribution in [0.25, 0.3) is 0 Å². The quantitative estimate of drug-likeness (QED) is 0.678. The third-order valence-electron chi connectivity index (χ3n) is 3.62. The molecular weight excluding hydrogens is 416 g/mol. The number of hydrogen-bond donors (Lipinski definition) is 2. The highest BCUT2D eigenvalue weighted by atomic mass is 79.9. The van der Waals surface area contributed by atoms with Gasteiger partial charge in [-0.3, -0.25) is 4.90 Å². The van der Waals surface area contributed by atoms with E-state index in [1.807, 2.05) is 18.2 Å². The first-order valence-corrected chi connectivity index (χ1v) is 9.97. The van der Waals surface area contributed by atoms with Crippen LogP contribution in [0.15, 0.2) is 28.7 Å². The van der Waals surface area contributed by atoms with Gasteiger partial charge in [0.15, 0.2) is 0 Å². The van der Waals surface area contributed by atoms with Crippen LogP contribution < -0.4 is 0 Å². The molecule has 8 nitrogen and oxygen atoms in total. The monoisotopic (exact) mass is 436 g/mol. The fourth-order valence-corrected chi connectivity index (χ4v) is 3.71. The van der Waals surface area contributed by atoms with Gasteiger partial charge < -0.3 is 10.2 Å². The van der Waals surface area contributed by atoms with Crippen molar-refractivity contribution in [3.63, 3.8) is 0 Å². The number of hydrogen-bond acceptors (Lipinski definition) is 5. The van der Waals surface area contributed by atoms with E-state index in [0.29, 0.717) is 13.1 Å². The van der Waals surface area contributed by atoms with Crippen LogP contribution in [0.4, 0.5) is 0 Å². The summed E-state index contributed by atoms with van der Waals surface area (Å²) in [6.45, 7) is 5.34. The smallest absolute Gasteiger partial charge is 0.414 e. The number of carboxylic acids is 2. The number of halogens is 1. The van der Waals surface area contributed by atoms with Gasteiger partial charge in [0.25, 0.3) is 0 Å². The summed E-state index contributed by atoms with van der Waals surface area (Å²) >= 11 is 3.54. The largest absolute Gasteiger partial charge is 0.473 e. The second-order valence-corrected chi connectivity index (χ2v) is 8.39. The van der Waals surface area contributed by atoms with Gasteiger partial charge in [-0.1, -0.05) is 34.1 Å². The molecule has 140 valence electrons. The Hall–Kier alpha value is -1.49. The zero-order valence-corrected chi connectivity index (χ0v) is 16.2. The van der Waals surface area contributed by atoms with Gasteiger partial charge in [-0.2, -0.15) is 4.31 Å². The fraction of sp³-hybridized carbons (Fsp3) is 0.467. The van der Waals surface area contributed by atoms with Crippen molar-refractivity contribution >= 4 is 37.9 Å². The normalized spacial score (nSPS) is 15.9. The van der Waals surface area contributed by atoms with Crippen LogP contribution in [-0.2, 0) is 26.2 Å². The number of rotatable bonds is 4. The molecule has 2 rings (SSSR count). The fourth-order valence-electron chi connectivity index (χ4n) is 2.22. The molecule has 1 fully saturated rings. The molecule has 0 radical (unpaired) electrons. The van der Waals surface area contributed by atoms with Gasteiger partial charge in [0, 0.05) is 37.2 Å². The SMILES string of the molecule is CCS(=O)(=O)N1CCN(Cc2ccccc2Br)CC1.O=C(O)C(=O)O. The van der Waals surface area contributed by atoms with Crippen molar-refractivity contribution in [1.82, 2.24) is 9.21 Å². The van der Waals surface area contributed by atoms with Crippen LogP contribution in [0.5, 0.6) is 0 Å². The lowest BCUT2D eigenvalue weighted by Gasteiger charge is -2.33. The maximum absolute atomic E-state index is 11.8. The number of piperazine rings is 1. The minimum absolute atomic E-state index is 0.192. The van der Waals surface area contributed by atoms with Crippen molar-refractivity contribution < 1.29 is 28.2 Å². The number of sulfonamides is 1. The van der Waals surface area contributed by atoms with E-state index in [1.54, 1.807) is 11.2 Å². The minimum Gasteiger partial charge on any atom is -0.473 e. The van der Waals surface area contributed by atoms with Crippen molar-refractivity contribution in [1.29, 1.82) is 0 Å². The molecule has 10 heteroatoms. The van der Waals surface area contributed by atoms with E-state index in [0.717, 1.165) is 24.1 Å². The molecule has 1 heterocycles. The molecule has 0 aliphatic carbocycles. The Morgan fingerprint density at radius 2 is 1.60 bits per heavy atom. The Labute approximate surface area is 155 Å². The summed E-state index contributed by atoms with van der Waals surface area (Å²) in [5, 5.41) is 14.8. The zero-order valence-electron chi connectivity index (χ0n) is 13.8. The molecule has 0 atom stereocenters. The summed E-state index contributed by atoms with van der Waals surface area (Å²) in [4.78, 5) is 20.5. The number of nitrogens with zero attached hydrogens (tertiary/aromatic N) is 2. The van der Waals surface area contributed by atoms with Crippen LogP contribution in [0.1, 0.15) is 12.5 Å². The molecule has 1 aliphatic rings. The van der Waals surface area contributed by atoms with E-state index >= 15 is 0 Å². The zero-order chi connectivity index (χ0) is 19.0. The Morgan fingerprint density at radius 1 is 1.08 bits per heavy atom. The van der Waals surface area contributed by atoms with Crippen LogP contribution in [0.3, 0.4) is 0 Å². The first-order chi connectivity index (χ1) is 11.7. The molecule has 1 saturated heterocycles. The van der Waals surface area contributed by atoms with E-state index in [4.69, 9.17) is 19.8 Å². The number of carbonyl (C=O) groups is 2. The van der Waals surface area contributed by atoms with Gasteiger partial charge in [-0.15, -0.1) is 0 Å². The molecule has 1 aliphatic heterocycles. The van der Waals surface area contributed by atoms with E-state index in [9.17, 15) is 8.42 Å². The van der Waals surface area contributed by atoms with Gasteiger partial charge in [0.1, 0.15) is 0 Å². The highest BCUT2D eigenvalue weighted by Crippen LogP contribution is 2.19. The second kappa shape index (κ2) is 9.85. The van der Waals surface area contributed by atoms with Crippen molar-refractivity contribution in [2.75, 3.05) is 31.9 Å². The Morgan fingerprint density at radius 3 is 2.04 bits per heavy atom. The lowest BCUT2D eigenvalue weighted by molar-refractivity contribution is -0.159. The minimum atomic E-state index is -3.03. The van der Waals surface area contributed by atoms with Gasteiger partial charge in [-0.05, 0) is 18.6 Å². The Balaban J connectivity index is 0.000000450. The molecule has 2 N–H and O–H groups in total. The van der Waals surface area contributed by atoms with E-state index in [-0.39, 0.29) is 5.75 Å². The van der Waals surface area contributed by atoms with Crippen LogP contribution in [-0.4, -0.2) is 71.7 Å². The summed E-state index contributed by atoms with van der Waals surface area (Å²) in [6.07, 6.45) is 0. The van der Waals surface area contributed by atoms with E-state index in [2.05, 4.69) is 26.9 Å². The molecule has 0 unspecified atom stereocenters. The molecule has 0 bridgehead atoms. The first kappa shape index (κ1) is 21.6. The second-order valence-electron chi connectivity index (χ2n) is 5.28. The average Bonchev–Trinajstić information content (AvgIpc) is 2.58. The van der Waals surface area contributed by atoms with Gasteiger partial charge in [0.2, 0.25) is 10.0 Å². The van der Waals surface area contributed by atoms with Crippen LogP contribution in [0, 0.1) is 0 Å². The molecule has 0 aromatic heterocycles. The maximum atomic E-state index is 11.8. The predicted octanol–water partition coefficient (Wildman–Crippen LogP) is 1.07. The standard InChI is InChI=1S/C13H19BrN2O2S.C2H2O4/c1-2-19(17,18)16-9-7-15(8-10-16)11-12-5-3-4-6-13(12)14;3-1(4)2(5)6/h3-6H,2,7-11H2,1H3;(H,3,4)(H,5,6). The van der Waals surface area contributed by atoms with Gasteiger partial charge in [-0.25, -0.2) is 18.0 Å². The highest BCUT2D eigenvalue weighted by Gasteiger charge is 2.25. The summed E-state index contributed by atoms with van der Waals surface area (Å²) < 4.78 is 26.3. The Bertz CT molecular complexity index is 690.